The van der Waals surface area contributed by atoms with Crippen LogP contribution in [-0.2, 0) is 19.1 Å². The molecule has 0 unspecified atom stereocenters. The van der Waals surface area contributed by atoms with Crippen molar-refractivity contribution in [3.63, 3.8) is 0 Å². The molecule has 23 heavy (non-hydrogen) atoms. The molecule has 1 heterocycles. The van der Waals surface area contributed by atoms with Gasteiger partial charge in [-0.3, -0.25) is 9.59 Å². The number of amides is 1. The molecule has 0 aromatic carbocycles. The molecule has 3 fully saturated rings. The van der Waals surface area contributed by atoms with Crippen LogP contribution < -0.4 is 0 Å². The standard InChI is InChI=1S/C18H29NO4/c1-2-22-18(21)15-11-13(15)12-19(14-7-4-3-5-8-14)17(20)16-9-6-10-23-16/h13-16H,2-12H2,1H3/t13-,15-,16+/m1/s1. The van der Waals surface area contributed by atoms with Crippen molar-refractivity contribution in [3.8, 4) is 0 Å². The summed E-state index contributed by atoms with van der Waals surface area (Å²) in [6.07, 6.45) is 8.28. The fraction of sp³-hybridized carbons (Fsp3) is 0.889. The molecule has 2 saturated carbocycles. The molecule has 3 atom stereocenters. The molecule has 5 heteroatoms. The Labute approximate surface area is 138 Å². The summed E-state index contributed by atoms with van der Waals surface area (Å²) in [4.78, 5) is 26.8. The van der Waals surface area contributed by atoms with Crippen LogP contribution in [0.3, 0.4) is 0 Å². The predicted molar refractivity (Wildman–Crippen MR) is 85.8 cm³/mol. The van der Waals surface area contributed by atoms with Crippen LogP contribution in [0.4, 0.5) is 0 Å². The van der Waals surface area contributed by atoms with Gasteiger partial charge in [-0.25, -0.2) is 0 Å². The first-order valence-corrected chi connectivity index (χ1v) is 9.29. The number of ether oxygens (including phenoxy) is 2. The number of nitrogens with zero attached hydrogens (tertiary/aromatic N) is 1. The van der Waals surface area contributed by atoms with Crippen LogP contribution in [0.2, 0.25) is 0 Å². The maximum atomic E-state index is 12.9. The van der Waals surface area contributed by atoms with Crippen molar-refractivity contribution in [1.29, 1.82) is 0 Å². The monoisotopic (exact) mass is 323 g/mol. The predicted octanol–water partition coefficient (Wildman–Crippen LogP) is 2.53. The van der Waals surface area contributed by atoms with Gasteiger partial charge >= 0.3 is 5.97 Å². The molecule has 3 rings (SSSR count). The van der Waals surface area contributed by atoms with Gasteiger partial charge in [0, 0.05) is 19.2 Å². The van der Waals surface area contributed by atoms with E-state index in [2.05, 4.69) is 4.90 Å². The van der Waals surface area contributed by atoms with E-state index in [0.717, 1.165) is 32.1 Å². The third-order valence-electron chi connectivity index (χ3n) is 5.45. The highest BCUT2D eigenvalue weighted by atomic mass is 16.5. The van der Waals surface area contributed by atoms with Gasteiger partial charge in [-0.05, 0) is 44.9 Å². The van der Waals surface area contributed by atoms with Crippen molar-refractivity contribution in [2.45, 2.75) is 70.4 Å². The summed E-state index contributed by atoms with van der Waals surface area (Å²) in [5.41, 5.74) is 0. The lowest BCUT2D eigenvalue weighted by molar-refractivity contribution is -0.147. The topological polar surface area (TPSA) is 55.8 Å². The van der Waals surface area contributed by atoms with Gasteiger partial charge in [0.25, 0.3) is 5.91 Å². The minimum Gasteiger partial charge on any atom is -0.466 e. The maximum Gasteiger partial charge on any atom is 0.309 e. The van der Waals surface area contributed by atoms with Crippen LogP contribution in [0, 0.1) is 11.8 Å². The summed E-state index contributed by atoms with van der Waals surface area (Å²) in [5.74, 6) is 0.342. The van der Waals surface area contributed by atoms with E-state index in [1.165, 1.54) is 19.3 Å². The van der Waals surface area contributed by atoms with Crippen LogP contribution in [-0.4, -0.2) is 48.7 Å². The van der Waals surface area contributed by atoms with Crippen molar-refractivity contribution in [3.05, 3.63) is 0 Å². The first-order chi connectivity index (χ1) is 11.2. The smallest absolute Gasteiger partial charge is 0.309 e. The summed E-state index contributed by atoms with van der Waals surface area (Å²) in [7, 11) is 0. The zero-order valence-corrected chi connectivity index (χ0v) is 14.2. The molecule has 0 radical (unpaired) electrons. The van der Waals surface area contributed by atoms with Crippen LogP contribution in [0.25, 0.3) is 0 Å². The lowest BCUT2D eigenvalue weighted by atomic mass is 9.93. The van der Waals surface area contributed by atoms with Crippen LogP contribution in [0.5, 0.6) is 0 Å². The van der Waals surface area contributed by atoms with Gasteiger partial charge in [0.15, 0.2) is 0 Å². The van der Waals surface area contributed by atoms with Crippen molar-refractivity contribution in [2.24, 2.45) is 11.8 Å². The quantitative estimate of drug-likeness (QED) is 0.705. The van der Waals surface area contributed by atoms with Crippen molar-refractivity contribution in [1.82, 2.24) is 4.90 Å². The van der Waals surface area contributed by atoms with Gasteiger partial charge < -0.3 is 14.4 Å². The maximum absolute atomic E-state index is 12.9. The Morgan fingerprint density at radius 3 is 2.57 bits per heavy atom. The fourth-order valence-corrected chi connectivity index (χ4v) is 4.01. The van der Waals surface area contributed by atoms with E-state index in [0.29, 0.717) is 25.8 Å². The van der Waals surface area contributed by atoms with Gasteiger partial charge in [0.2, 0.25) is 0 Å². The average Bonchev–Trinajstić information content (AvgIpc) is 3.13. The number of carbonyl (C=O) groups is 2. The van der Waals surface area contributed by atoms with E-state index < -0.39 is 0 Å². The molecule has 0 spiro atoms. The molecule has 3 aliphatic rings. The van der Waals surface area contributed by atoms with E-state index in [1.54, 1.807) is 0 Å². The minimum absolute atomic E-state index is 0.00154. The summed E-state index contributed by atoms with van der Waals surface area (Å²) in [6.45, 7) is 3.67. The third-order valence-corrected chi connectivity index (χ3v) is 5.45. The number of rotatable bonds is 6. The van der Waals surface area contributed by atoms with Gasteiger partial charge in [-0.2, -0.15) is 0 Å². The van der Waals surface area contributed by atoms with Gasteiger partial charge in [0.1, 0.15) is 6.10 Å². The summed E-state index contributed by atoms with van der Waals surface area (Å²) < 4.78 is 10.7. The summed E-state index contributed by atoms with van der Waals surface area (Å²) >= 11 is 0. The first kappa shape index (κ1) is 16.7. The lowest BCUT2D eigenvalue weighted by Crippen LogP contribution is -2.47. The van der Waals surface area contributed by atoms with E-state index in [4.69, 9.17) is 9.47 Å². The van der Waals surface area contributed by atoms with Crippen molar-refractivity contribution in [2.75, 3.05) is 19.8 Å². The molecule has 2 aliphatic carbocycles. The highest BCUT2D eigenvalue weighted by Gasteiger charge is 2.47. The molecule has 1 aliphatic heterocycles. The third kappa shape index (κ3) is 4.06. The molecule has 5 nitrogen and oxygen atoms in total. The molecule has 1 amide bonds. The molecule has 0 bridgehead atoms. The largest absolute Gasteiger partial charge is 0.466 e. The van der Waals surface area contributed by atoms with Crippen molar-refractivity contribution < 1.29 is 19.1 Å². The summed E-state index contributed by atoms with van der Waals surface area (Å²) in [6, 6.07) is 0.337. The zero-order valence-electron chi connectivity index (χ0n) is 14.2. The molecule has 0 N–H and O–H groups in total. The minimum atomic E-state index is -0.253. The number of carbonyl (C=O) groups excluding carboxylic acids is 2. The van der Waals surface area contributed by atoms with Gasteiger partial charge in [0.05, 0.1) is 12.5 Å². The Morgan fingerprint density at radius 1 is 1.13 bits per heavy atom. The lowest BCUT2D eigenvalue weighted by Gasteiger charge is -2.36. The van der Waals surface area contributed by atoms with Gasteiger partial charge in [-0.15, -0.1) is 0 Å². The second kappa shape index (κ2) is 7.65. The number of hydrogen-bond acceptors (Lipinski definition) is 4. The molecular weight excluding hydrogens is 294 g/mol. The Kier molecular flexibility index (Phi) is 5.57. The highest BCUT2D eigenvalue weighted by Crippen LogP contribution is 2.41. The fourth-order valence-electron chi connectivity index (χ4n) is 4.01. The first-order valence-electron chi connectivity index (χ1n) is 9.29. The average molecular weight is 323 g/mol. The number of hydrogen-bond donors (Lipinski definition) is 0. The molecule has 0 aromatic rings. The SMILES string of the molecule is CCOC(=O)[C@@H]1C[C@@H]1CN(C(=O)[C@@H]1CCCO1)C1CCCCC1. The van der Waals surface area contributed by atoms with E-state index in [1.807, 2.05) is 6.92 Å². The zero-order chi connectivity index (χ0) is 16.2. The molecule has 1 saturated heterocycles. The van der Waals surface area contributed by atoms with Crippen LogP contribution in [0.15, 0.2) is 0 Å². The van der Waals surface area contributed by atoms with E-state index in [-0.39, 0.29) is 29.8 Å². The second-order valence-electron chi connectivity index (χ2n) is 7.14. The van der Waals surface area contributed by atoms with E-state index in [9.17, 15) is 9.59 Å². The van der Waals surface area contributed by atoms with Crippen LogP contribution in [0.1, 0.15) is 58.3 Å². The molecule has 130 valence electrons. The highest BCUT2D eigenvalue weighted by molar-refractivity contribution is 5.82. The number of esters is 1. The van der Waals surface area contributed by atoms with Crippen molar-refractivity contribution >= 4 is 11.9 Å². The van der Waals surface area contributed by atoms with Crippen LogP contribution >= 0.6 is 0 Å². The molecular formula is C18H29NO4. The molecule has 0 aromatic heterocycles. The normalized spacial score (nSPS) is 30.9. The Morgan fingerprint density at radius 2 is 1.91 bits per heavy atom. The summed E-state index contributed by atoms with van der Waals surface area (Å²) in [5, 5.41) is 0. The van der Waals surface area contributed by atoms with E-state index >= 15 is 0 Å². The second-order valence-corrected chi connectivity index (χ2v) is 7.14. The van der Waals surface area contributed by atoms with Gasteiger partial charge in [-0.1, -0.05) is 19.3 Å². The Hall–Kier alpha value is -1.10. The Bertz CT molecular complexity index is 427. The Balaban J connectivity index is 1.61.